The molecule has 3 unspecified atom stereocenters. The Labute approximate surface area is 157 Å². The molecule has 0 aliphatic carbocycles. The van der Waals surface area contributed by atoms with Crippen molar-refractivity contribution in [3.63, 3.8) is 0 Å². The van der Waals surface area contributed by atoms with Crippen LogP contribution in [0.2, 0.25) is 0 Å². The van der Waals surface area contributed by atoms with Crippen molar-refractivity contribution in [3.05, 3.63) is 60.3 Å². The van der Waals surface area contributed by atoms with E-state index in [4.69, 9.17) is 0 Å². The maximum absolute atomic E-state index is 13.3. The van der Waals surface area contributed by atoms with Crippen LogP contribution in [0, 0.1) is 5.92 Å². The number of rotatable bonds is 2. The quantitative estimate of drug-likeness (QED) is 0.628. The molecule has 0 spiro atoms. The fraction of sp³-hybridized carbons (Fsp3) is 0.381. The molecule has 6 heteroatoms. The van der Waals surface area contributed by atoms with Crippen LogP contribution in [-0.2, 0) is 6.18 Å². The Kier molecular flexibility index (Phi) is 3.98. The van der Waals surface area contributed by atoms with Crippen LogP contribution in [0.1, 0.15) is 37.8 Å². The number of fused-ring (bicyclic) bond motifs is 5. The molecule has 27 heavy (non-hydrogen) atoms. The van der Waals surface area contributed by atoms with Gasteiger partial charge < -0.3 is 9.80 Å². The van der Waals surface area contributed by atoms with Crippen LogP contribution in [0.3, 0.4) is 0 Å². The van der Waals surface area contributed by atoms with Gasteiger partial charge in [-0.25, -0.2) is 4.98 Å². The highest BCUT2D eigenvalue weighted by molar-refractivity contribution is 5.84. The van der Waals surface area contributed by atoms with Crippen molar-refractivity contribution in [2.45, 2.75) is 45.1 Å². The summed E-state index contributed by atoms with van der Waals surface area (Å²) in [6.07, 6.45) is -1.64. The molecule has 0 N–H and O–H groups in total. The molecule has 3 atom stereocenters. The van der Waals surface area contributed by atoms with Crippen molar-refractivity contribution in [1.82, 2.24) is 4.98 Å². The van der Waals surface area contributed by atoms with Gasteiger partial charge in [0.15, 0.2) is 5.82 Å². The van der Waals surface area contributed by atoms with E-state index in [0.717, 1.165) is 17.4 Å². The van der Waals surface area contributed by atoms with E-state index in [9.17, 15) is 13.2 Å². The zero-order valence-corrected chi connectivity index (χ0v) is 15.5. The molecule has 2 aliphatic heterocycles. The summed E-state index contributed by atoms with van der Waals surface area (Å²) in [5, 5.41) is 0. The van der Waals surface area contributed by atoms with Gasteiger partial charge in [-0.15, -0.1) is 6.58 Å². The number of para-hydroxylation sites is 1. The molecule has 3 heterocycles. The number of nitrogens with zero attached hydrogens (tertiary/aromatic N) is 3. The molecule has 1 aromatic carbocycles. The fourth-order valence-electron chi connectivity index (χ4n) is 4.50. The first-order chi connectivity index (χ1) is 12.8. The van der Waals surface area contributed by atoms with E-state index in [-0.39, 0.29) is 24.0 Å². The molecule has 0 saturated carbocycles. The maximum atomic E-state index is 13.3. The molecule has 0 saturated heterocycles. The van der Waals surface area contributed by atoms with Gasteiger partial charge in [0.2, 0.25) is 0 Å². The van der Waals surface area contributed by atoms with Gasteiger partial charge in [0, 0.05) is 29.8 Å². The summed E-state index contributed by atoms with van der Waals surface area (Å²) in [5.74, 6) is 0.854. The number of aromatic nitrogens is 1. The Balaban J connectivity index is 1.96. The van der Waals surface area contributed by atoms with Crippen LogP contribution in [0.25, 0.3) is 0 Å². The monoisotopic (exact) mass is 373 g/mol. The molecule has 142 valence electrons. The predicted octanol–water partition coefficient (Wildman–Crippen LogP) is 5.71. The lowest BCUT2D eigenvalue weighted by molar-refractivity contribution is -0.137. The first kappa shape index (κ1) is 17.9. The maximum Gasteiger partial charge on any atom is 0.417 e. The Morgan fingerprint density at radius 3 is 2.52 bits per heavy atom. The van der Waals surface area contributed by atoms with E-state index in [0.29, 0.717) is 11.5 Å². The SMILES string of the molecule is C=CC1c2ccccc2N2c3ncc(C(F)(F)F)cc3N(C(C)C)C2C1C. The third kappa shape index (κ3) is 2.53. The van der Waals surface area contributed by atoms with Gasteiger partial charge in [0.05, 0.1) is 11.3 Å². The van der Waals surface area contributed by atoms with Gasteiger partial charge in [-0.3, -0.25) is 0 Å². The van der Waals surface area contributed by atoms with Crippen LogP contribution in [0.4, 0.5) is 30.4 Å². The number of anilines is 3. The minimum Gasteiger partial charge on any atom is -0.345 e. The van der Waals surface area contributed by atoms with Gasteiger partial charge >= 0.3 is 6.18 Å². The average Bonchev–Trinajstić information content (AvgIpc) is 2.96. The molecule has 0 radical (unpaired) electrons. The Morgan fingerprint density at radius 1 is 1.19 bits per heavy atom. The van der Waals surface area contributed by atoms with E-state index in [2.05, 4.69) is 34.4 Å². The highest BCUT2D eigenvalue weighted by Gasteiger charge is 2.49. The lowest BCUT2D eigenvalue weighted by Crippen LogP contribution is -2.52. The summed E-state index contributed by atoms with van der Waals surface area (Å²) in [4.78, 5) is 8.42. The number of halogens is 3. The fourth-order valence-corrected chi connectivity index (χ4v) is 4.50. The first-order valence-corrected chi connectivity index (χ1v) is 9.12. The van der Waals surface area contributed by atoms with Crippen molar-refractivity contribution in [3.8, 4) is 0 Å². The van der Waals surface area contributed by atoms with Crippen molar-refractivity contribution in [1.29, 1.82) is 0 Å². The summed E-state index contributed by atoms with van der Waals surface area (Å²) in [6, 6.07) is 9.28. The molecule has 0 fully saturated rings. The van der Waals surface area contributed by atoms with Gasteiger partial charge in [-0.05, 0) is 31.5 Å². The second-order valence-electron chi connectivity index (χ2n) is 7.53. The highest BCUT2D eigenvalue weighted by atomic mass is 19.4. The first-order valence-electron chi connectivity index (χ1n) is 9.12. The molecular weight excluding hydrogens is 351 g/mol. The average molecular weight is 373 g/mol. The lowest BCUT2D eigenvalue weighted by Gasteiger charge is -2.46. The summed E-state index contributed by atoms with van der Waals surface area (Å²) >= 11 is 0. The van der Waals surface area contributed by atoms with Crippen molar-refractivity contribution >= 4 is 17.2 Å². The second-order valence-corrected chi connectivity index (χ2v) is 7.53. The highest BCUT2D eigenvalue weighted by Crippen LogP contribution is 2.54. The van der Waals surface area contributed by atoms with Crippen LogP contribution in [-0.4, -0.2) is 17.2 Å². The predicted molar refractivity (Wildman–Crippen MR) is 101 cm³/mol. The minimum absolute atomic E-state index is 0.0298. The van der Waals surface area contributed by atoms with E-state index < -0.39 is 11.7 Å². The van der Waals surface area contributed by atoms with Crippen LogP contribution in [0.15, 0.2) is 49.2 Å². The van der Waals surface area contributed by atoms with Crippen LogP contribution >= 0.6 is 0 Å². The number of pyridine rings is 1. The summed E-state index contributed by atoms with van der Waals surface area (Å²) in [6.45, 7) is 10.2. The number of allylic oxidation sites excluding steroid dienone is 1. The second kappa shape index (κ2) is 6.01. The third-order valence-electron chi connectivity index (χ3n) is 5.63. The summed E-state index contributed by atoms with van der Waals surface area (Å²) in [7, 11) is 0. The summed E-state index contributed by atoms with van der Waals surface area (Å²) < 4.78 is 39.9. The molecule has 4 rings (SSSR count). The smallest absolute Gasteiger partial charge is 0.345 e. The molecule has 0 amide bonds. The lowest BCUT2D eigenvalue weighted by atomic mass is 9.80. The zero-order chi connectivity index (χ0) is 19.5. The van der Waals surface area contributed by atoms with Crippen LogP contribution in [0.5, 0.6) is 0 Å². The Morgan fingerprint density at radius 2 is 1.89 bits per heavy atom. The topological polar surface area (TPSA) is 19.4 Å². The number of benzene rings is 1. The molecule has 2 aliphatic rings. The standard InChI is InChI=1S/C21H22F3N3/c1-5-15-13(4)20-26(12(2)3)18-10-14(21(22,23)24)11-25-19(18)27(20)17-9-7-6-8-16(15)17/h5-13,15,20H,1H2,2-4H3. The van der Waals surface area contributed by atoms with Crippen molar-refractivity contribution in [2.75, 3.05) is 9.80 Å². The van der Waals surface area contributed by atoms with Gasteiger partial charge in [0.25, 0.3) is 0 Å². The van der Waals surface area contributed by atoms with E-state index in [1.54, 1.807) is 0 Å². The Bertz CT molecular complexity index is 890. The van der Waals surface area contributed by atoms with Crippen LogP contribution < -0.4 is 9.80 Å². The van der Waals surface area contributed by atoms with Crippen molar-refractivity contribution < 1.29 is 13.2 Å². The van der Waals surface area contributed by atoms with E-state index in [1.807, 2.05) is 38.1 Å². The number of hydrogen-bond donors (Lipinski definition) is 0. The molecule has 2 aromatic rings. The molecule has 0 bridgehead atoms. The molecule has 1 aromatic heterocycles. The summed E-state index contributed by atoms with van der Waals surface area (Å²) in [5.41, 5.74) is 1.95. The van der Waals surface area contributed by atoms with Gasteiger partial charge in [-0.2, -0.15) is 13.2 Å². The molecule has 3 nitrogen and oxygen atoms in total. The normalized spacial score (nSPS) is 23.9. The van der Waals surface area contributed by atoms with E-state index >= 15 is 0 Å². The van der Waals surface area contributed by atoms with E-state index in [1.165, 1.54) is 6.07 Å². The number of hydrogen-bond acceptors (Lipinski definition) is 3. The zero-order valence-electron chi connectivity index (χ0n) is 15.5. The van der Waals surface area contributed by atoms with Gasteiger partial charge in [0.1, 0.15) is 6.17 Å². The van der Waals surface area contributed by atoms with Crippen molar-refractivity contribution in [2.24, 2.45) is 5.92 Å². The molecular formula is C21H22F3N3. The third-order valence-corrected chi connectivity index (χ3v) is 5.63. The van der Waals surface area contributed by atoms with Gasteiger partial charge in [-0.1, -0.05) is 31.2 Å². The largest absolute Gasteiger partial charge is 0.417 e. The minimum atomic E-state index is -4.42. The number of alkyl halides is 3. The Hall–Kier alpha value is -2.50.